The largest absolute Gasteiger partial charge is 0.304 e. The summed E-state index contributed by atoms with van der Waals surface area (Å²) >= 11 is 0. The van der Waals surface area contributed by atoms with Crippen molar-refractivity contribution in [1.82, 2.24) is 10.7 Å². The zero-order valence-corrected chi connectivity index (χ0v) is 6.14. The zero-order chi connectivity index (χ0) is 7.56. The van der Waals surface area contributed by atoms with Gasteiger partial charge in [0.1, 0.15) is 6.04 Å². The molecule has 0 aromatic heterocycles. The van der Waals surface area contributed by atoms with Crippen LogP contribution in [0.3, 0.4) is 0 Å². The van der Waals surface area contributed by atoms with E-state index in [1.807, 2.05) is 6.92 Å². The molecule has 1 atom stereocenters. The fourth-order valence-corrected chi connectivity index (χ4v) is 0.988. The lowest BCUT2D eigenvalue weighted by atomic mass is 10.1. The van der Waals surface area contributed by atoms with Crippen LogP contribution in [0.5, 0.6) is 0 Å². The highest BCUT2D eigenvalue weighted by molar-refractivity contribution is 6.11. The first-order chi connectivity index (χ1) is 4.79. The van der Waals surface area contributed by atoms with Crippen LogP contribution in [-0.4, -0.2) is 24.7 Å². The number of likely N-dealkylation sites (N-methyl/N-ethyl adjacent to an activating group) is 1. The average molecular weight is 141 g/mol. The molecule has 1 rings (SSSR count). The molecule has 0 saturated heterocycles. The van der Waals surface area contributed by atoms with E-state index in [-0.39, 0.29) is 11.9 Å². The first-order valence-corrected chi connectivity index (χ1v) is 3.33. The molecule has 4 nitrogen and oxygen atoms in total. The number of hydrazone groups is 1. The predicted octanol–water partition coefficient (Wildman–Crippen LogP) is -0.530. The third-order valence-corrected chi connectivity index (χ3v) is 1.56. The highest BCUT2D eigenvalue weighted by atomic mass is 16.2. The summed E-state index contributed by atoms with van der Waals surface area (Å²) in [5.41, 5.74) is 3.29. The van der Waals surface area contributed by atoms with E-state index in [1.54, 1.807) is 7.05 Å². The van der Waals surface area contributed by atoms with Crippen molar-refractivity contribution >= 4 is 11.6 Å². The number of carbonyl (C=O) groups is 1. The van der Waals surface area contributed by atoms with Gasteiger partial charge in [0, 0.05) is 0 Å². The van der Waals surface area contributed by atoms with Crippen LogP contribution in [0.1, 0.15) is 13.3 Å². The van der Waals surface area contributed by atoms with Crippen molar-refractivity contribution in [2.24, 2.45) is 5.10 Å². The van der Waals surface area contributed by atoms with Crippen molar-refractivity contribution in [3.63, 3.8) is 0 Å². The van der Waals surface area contributed by atoms with Gasteiger partial charge in [-0.2, -0.15) is 5.10 Å². The molecule has 4 heteroatoms. The molecule has 0 aromatic carbocycles. The van der Waals surface area contributed by atoms with E-state index in [0.717, 1.165) is 12.1 Å². The Morgan fingerprint density at radius 3 is 2.90 bits per heavy atom. The van der Waals surface area contributed by atoms with Crippen molar-refractivity contribution in [3.8, 4) is 0 Å². The topological polar surface area (TPSA) is 53.5 Å². The van der Waals surface area contributed by atoms with Gasteiger partial charge in [-0.05, 0) is 13.5 Å². The fourth-order valence-electron chi connectivity index (χ4n) is 0.988. The van der Waals surface area contributed by atoms with Crippen LogP contribution >= 0.6 is 0 Å². The molecule has 0 spiro atoms. The molecular formula is C6H11N3O. The minimum Gasteiger partial charge on any atom is -0.304 e. The van der Waals surface area contributed by atoms with Gasteiger partial charge in [0.2, 0.25) is 0 Å². The molecule has 0 fully saturated rings. The smallest absolute Gasteiger partial charge is 0.263 e. The second-order valence-corrected chi connectivity index (χ2v) is 2.15. The third-order valence-electron chi connectivity index (χ3n) is 1.56. The van der Waals surface area contributed by atoms with Crippen LogP contribution < -0.4 is 10.7 Å². The monoisotopic (exact) mass is 141 g/mol. The number of nitrogens with zero attached hydrogens (tertiary/aromatic N) is 1. The van der Waals surface area contributed by atoms with Gasteiger partial charge in [-0.25, -0.2) is 5.43 Å². The minimum absolute atomic E-state index is 0.0562. The van der Waals surface area contributed by atoms with E-state index in [0.29, 0.717) is 0 Å². The van der Waals surface area contributed by atoms with Crippen molar-refractivity contribution in [3.05, 3.63) is 0 Å². The van der Waals surface area contributed by atoms with Crippen LogP contribution in [0, 0.1) is 0 Å². The Bertz CT molecular complexity index is 176. The van der Waals surface area contributed by atoms with Crippen LogP contribution in [-0.2, 0) is 4.79 Å². The van der Waals surface area contributed by atoms with Gasteiger partial charge in [-0.3, -0.25) is 4.79 Å². The SMILES string of the molecule is CCC1=NNC(=O)C1NC. The third kappa shape index (κ3) is 1.02. The molecule has 1 aliphatic heterocycles. The van der Waals surface area contributed by atoms with Crippen LogP contribution in [0.2, 0.25) is 0 Å². The Labute approximate surface area is 59.7 Å². The molecule has 0 saturated carbocycles. The minimum atomic E-state index is -0.204. The van der Waals surface area contributed by atoms with Crippen LogP contribution in [0.25, 0.3) is 0 Å². The molecule has 0 aliphatic carbocycles. The first kappa shape index (κ1) is 7.21. The summed E-state index contributed by atoms with van der Waals surface area (Å²) in [6.45, 7) is 1.98. The quantitative estimate of drug-likeness (QED) is 0.543. The summed E-state index contributed by atoms with van der Waals surface area (Å²) in [7, 11) is 1.75. The van der Waals surface area contributed by atoms with Crippen LogP contribution in [0.4, 0.5) is 0 Å². The summed E-state index contributed by atoms with van der Waals surface area (Å²) in [5, 5.41) is 6.71. The lowest BCUT2D eigenvalue weighted by Gasteiger charge is -2.05. The Balaban J connectivity index is 2.66. The number of rotatable bonds is 2. The van der Waals surface area contributed by atoms with Crippen LogP contribution in [0.15, 0.2) is 5.10 Å². The summed E-state index contributed by atoms with van der Waals surface area (Å²) in [4.78, 5) is 10.9. The predicted molar refractivity (Wildman–Crippen MR) is 38.7 cm³/mol. The van der Waals surface area contributed by atoms with Crippen molar-refractivity contribution in [1.29, 1.82) is 0 Å². The molecule has 10 heavy (non-hydrogen) atoms. The maximum atomic E-state index is 10.9. The summed E-state index contributed by atoms with van der Waals surface area (Å²) in [5.74, 6) is -0.0562. The number of hydrogen-bond acceptors (Lipinski definition) is 3. The molecule has 2 N–H and O–H groups in total. The highest BCUT2D eigenvalue weighted by Gasteiger charge is 2.26. The van der Waals surface area contributed by atoms with E-state index in [4.69, 9.17) is 0 Å². The second kappa shape index (κ2) is 2.79. The van der Waals surface area contributed by atoms with Gasteiger partial charge >= 0.3 is 0 Å². The average Bonchev–Trinajstić information content (AvgIpc) is 2.30. The Hall–Kier alpha value is -0.900. The maximum absolute atomic E-state index is 10.9. The van der Waals surface area contributed by atoms with Crippen molar-refractivity contribution in [2.45, 2.75) is 19.4 Å². The number of amides is 1. The fraction of sp³-hybridized carbons (Fsp3) is 0.667. The zero-order valence-electron chi connectivity index (χ0n) is 6.14. The van der Waals surface area contributed by atoms with E-state index < -0.39 is 0 Å². The normalized spacial score (nSPS) is 24.4. The summed E-state index contributed by atoms with van der Waals surface area (Å²) in [6, 6.07) is -0.204. The van der Waals surface area contributed by atoms with Gasteiger partial charge in [0.15, 0.2) is 0 Å². The number of carbonyl (C=O) groups excluding carboxylic acids is 1. The van der Waals surface area contributed by atoms with Gasteiger partial charge < -0.3 is 5.32 Å². The molecule has 0 bridgehead atoms. The molecule has 0 aromatic rings. The molecule has 1 aliphatic rings. The van der Waals surface area contributed by atoms with Gasteiger partial charge in [-0.1, -0.05) is 6.92 Å². The Kier molecular flexibility index (Phi) is 2.01. The maximum Gasteiger partial charge on any atom is 0.263 e. The summed E-state index contributed by atoms with van der Waals surface area (Å²) in [6.07, 6.45) is 0.810. The molecule has 0 radical (unpaired) electrons. The first-order valence-electron chi connectivity index (χ1n) is 3.33. The number of nitrogens with one attached hydrogen (secondary N) is 2. The van der Waals surface area contributed by atoms with E-state index in [9.17, 15) is 4.79 Å². The van der Waals surface area contributed by atoms with Gasteiger partial charge in [0.25, 0.3) is 5.91 Å². The number of hydrogen-bond donors (Lipinski definition) is 2. The van der Waals surface area contributed by atoms with Crippen molar-refractivity contribution < 1.29 is 4.79 Å². The molecule has 1 heterocycles. The molecule has 56 valence electrons. The molecule has 1 unspecified atom stereocenters. The van der Waals surface area contributed by atoms with Crippen molar-refractivity contribution in [2.75, 3.05) is 7.05 Å². The Morgan fingerprint density at radius 1 is 1.80 bits per heavy atom. The molecule has 1 amide bonds. The van der Waals surface area contributed by atoms with Gasteiger partial charge in [0.05, 0.1) is 5.71 Å². The standard InChI is InChI=1S/C6H11N3O/c1-3-4-5(7-2)6(10)9-8-4/h5,7H,3H2,1-2H3,(H,9,10). The summed E-state index contributed by atoms with van der Waals surface area (Å²) < 4.78 is 0. The highest BCUT2D eigenvalue weighted by Crippen LogP contribution is 1.99. The Morgan fingerprint density at radius 2 is 2.50 bits per heavy atom. The van der Waals surface area contributed by atoms with E-state index in [2.05, 4.69) is 15.8 Å². The van der Waals surface area contributed by atoms with Gasteiger partial charge in [-0.15, -0.1) is 0 Å². The van der Waals surface area contributed by atoms with E-state index in [1.165, 1.54) is 0 Å². The molecular weight excluding hydrogens is 130 g/mol. The lowest BCUT2D eigenvalue weighted by molar-refractivity contribution is -0.120. The lowest BCUT2D eigenvalue weighted by Crippen LogP contribution is -2.39. The van der Waals surface area contributed by atoms with E-state index >= 15 is 0 Å². The second-order valence-electron chi connectivity index (χ2n) is 2.15.